The van der Waals surface area contributed by atoms with Crippen molar-refractivity contribution in [2.75, 3.05) is 52.9 Å². The molecule has 2 amide bonds. The molecule has 1 aliphatic heterocycles. The van der Waals surface area contributed by atoms with Crippen molar-refractivity contribution in [1.82, 2.24) is 18.8 Å². The van der Waals surface area contributed by atoms with Crippen LogP contribution in [-0.2, 0) is 19.7 Å². The van der Waals surface area contributed by atoms with Gasteiger partial charge in [-0.25, -0.2) is 4.79 Å². The highest BCUT2D eigenvalue weighted by molar-refractivity contribution is 7.86. The summed E-state index contributed by atoms with van der Waals surface area (Å²) in [5.74, 6) is -0.354. The molecule has 0 aromatic carbocycles. The molecule has 0 aromatic rings. The number of rotatable bonds is 7. The van der Waals surface area contributed by atoms with Crippen LogP contribution in [-0.4, -0.2) is 86.9 Å². The van der Waals surface area contributed by atoms with E-state index in [1.807, 2.05) is 6.92 Å². The van der Waals surface area contributed by atoms with Crippen molar-refractivity contribution in [3.8, 4) is 0 Å². The summed E-state index contributed by atoms with van der Waals surface area (Å²) < 4.78 is 32.7. The summed E-state index contributed by atoms with van der Waals surface area (Å²) >= 11 is 0. The Kier molecular flexibility index (Phi) is 7.73. The van der Waals surface area contributed by atoms with Gasteiger partial charge < -0.3 is 15.0 Å². The van der Waals surface area contributed by atoms with Gasteiger partial charge in [-0.3, -0.25) is 4.79 Å². The lowest BCUT2D eigenvalue weighted by Gasteiger charge is -2.36. The first kappa shape index (κ1) is 19.7. The molecule has 0 radical (unpaired) electrons. The minimum absolute atomic E-state index is 0.190. The lowest BCUT2D eigenvalue weighted by Crippen LogP contribution is -2.55. The van der Waals surface area contributed by atoms with E-state index in [1.165, 1.54) is 20.6 Å². The van der Waals surface area contributed by atoms with Crippen molar-refractivity contribution in [3.63, 3.8) is 0 Å². The molecule has 1 fully saturated rings. The van der Waals surface area contributed by atoms with Gasteiger partial charge in [-0.1, -0.05) is 6.92 Å². The summed E-state index contributed by atoms with van der Waals surface area (Å²) in [6.07, 6.45) is 0.180. The number of carbonyl (C=O) groups is 2. The zero-order chi connectivity index (χ0) is 17.5. The molecule has 9 nitrogen and oxygen atoms in total. The van der Waals surface area contributed by atoms with Gasteiger partial charge in [0.15, 0.2) is 0 Å². The predicted molar refractivity (Wildman–Crippen MR) is 85.0 cm³/mol. The second-order valence-corrected chi connectivity index (χ2v) is 7.03. The SMILES string of the molecule is CCCN(CC(=O)NC)S(=O)(=O)N1CCN(C(=O)OCC)CC1. The highest BCUT2D eigenvalue weighted by Gasteiger charge is 2.34. The van der Waals surface area contributed by atoms with Crippen LogP contribution in [0.15, 0.2) is 0 Å². The zero-order valence-corrected chi connectivity index (χ0v) is 14.8. The Balaban J connectivity index is 2.72. The Hall–Kier alpha value is -1.39. The highest BCUT2D eigenvalue weighted by atomic mass is 32.2. The predicted octanol–water partition coefficient (Wildman–Crippen LogP) is -0.537. The van der Waals surface area contributed by atoms with Crippen LogP contribution in [0.4, 0.5) is 4.79 Å². The quantitative estimate of drug-likeness (QED) is 0.665. The standard InChI is InChI=1S/C13H26N4O5S/c1-4-6-17(11-12(18)14-3)23(20,21)16-9-7-15(8-10-16)13(19)22-5-2/h4-11H2,1-3H3,(H,14,18). The fourth-order valence-electron chi connectivity index (χ4n) is 2.24. The molecule has 0 aliphatic carbocycles. The van der Waals surface area contributed by atoms with Crippen LogP contribution in [0.25, 0.3) is 0 Å². The molecular weight excluding hydrogens is 324 g/mol. The molecular formula is C13H26N4O5S. The van der Waals surface area contributed by atoms with Gasteiger partial charge >= 0.3 is 6.09 Å². The van der Waals surface area contributed by atoms with Crippen molar-refractivity contribution in [1.29, 1.82) is 0 Å². The van der Waals surface area contributed by atoms with Gasteiger partial charge in [0.1, 0.15) is 0 Å². The molecule has 1 rings (SSSR count). The van der Waals surface area contributed by atoms with Crippen molar-refractivity contribution >= 4 is 22.2 Å². The van der Waals surface area contributed by atoms with Crippen LogP contribution in [0.3, 0.4) is 0 Å². The number of hydrogen-bond donors (Lipinski definition) is 1. The molecule has 1 N–H and O–H groups in total. The zero-order valence-electron chi connectivity index (χ0n) is 13.9. The summed E-state index contributed by atoms with van der Waals surface area (Å²) in [4.78, 5) is 24.7. The topological polar surface area (TPSA) is 99.3 Å². The number of amides is 2. The summed E-state index contributed by atoms with van der Waals surface area (Å²) in [7, 11) is -2.26. The lowest BCUT2D eigenvalue weighted by molar-refractivity contribution is -0.120. The van der Waals surface area contributed by atoms with Gasteiger partial charge in [-0.15, -0.1) is 0 Å². The normalized spacial score (nSPS) is 16.4. The van der Waals surface area contributed by atoms with E-state index in [0.29, 0.717) is 6.42 Å². The Bertz CT molecular complexity index is 502. The summed E-state index contributed by atoms with van der Waals surface area (Å²) in [5, 5.41) is 2.43. The van der Waals surface area contributed by atoms with Crippen molar-refractivity contribution in [3.05, 3.63) is 0 Å². The average molecular weight is 350 g/mol. The average Bonchev–Trinajstić information content (AvgIpc) is 2.54. The Morgan fingerprint density at radius 2 is 1.78 bits per heavy atom. The molecule has 1 saturated heterocycles. The van der Waals surface area contributed by atoms with Gasteiger partial charge in [0.05, 0.1) is 13.2 Å². The number of likely N-dealkylation sites (N-methyl/N-ethyl adjacent to an activating group) is 1. The molecule has 134 valence electrons. The highest BCUT2D eigenvalue weighted by Crippen LogP contribution is 2.13. The minimum Gasteiger partial charge on any atom is -0.450 e. The fraction of sp³-hybridized carbons (Fsp3) is 0.846. The summed E-state index contributed by atoms with van der Waals surface area (Å²) in [6.45, 7) is 4.86. The smallest absolute Gasteiger partial charge is 0.409 e. The third-order valence-corrected chi connectivity index (χ3v) is 5.47. The van der Waals surface area contributed by atoms with E-state index >= 15 is 0 Å². The van der Waals surface area contributed by atoms with E-state index in [0.717, 1.165) is 0 Å². The van der Waals surface area contributed by atoms with E-state index in [-0.39, 0.29) is 51.8 Å². The van der Waals surface area contributed by atoms with Gasteiger partial charge in [0, 0.05) is 39.8 Å². The van der Waals surface area contributed by atoms with Crippen LogP contribution < -0.4 is 5.32 Å². The van der Waals surface area contributed by atoms with Gasteiger partial charge in [-0.05, 0) is 13.3 Å². The van der Waals surface area contributed by atoms with Crippen LogP contribution in [0.5, 0.6) is 0 Å². The largest absolute Gasteiger partial charge is 0.450 e. The van der Waals surface area contributed by atoms with E-state index in [1.54, 1.807) is 6.92 Å². The molecule has 1 heterocycles. The maximum absolute atomic E-state index is 12.7. The number of piperazine rings is 1. The van der Waals surface area contributed by atoms with Crippen LogP contribution in [0.2, 0.25) is 0 Å². The van der Waals surface area contributed by atoms with E-state index < -0.39 is 16.3 Å². The Morgan fingerprint density at radius 3 is 2.26 bits per heavy atom. The van der Waals surface area contributed by atoms with E-state index in [4.69, 9.17) is 4.74 Å². The monoisotopic (exact) mass is 350 g/mol. The van der Waals surface area contributed by atoms with Crippen molar-refractivity contribution in [2.45, 2.75) is 20.3 Å². The molecule has 0 atom stereocenters. The van der Waals surface area contributed by atoms with Crippen molar-refractivity contribution < 1.29 is 22.7 Å². The summed E-state index contributed by atoms with van der Waals surface area (Å²) in [6, 6.07) is 0. The van der Waals surface area contributed by atoms with Crippen LogP contribution in [0.1, 0.15) is 20.3 Å². The number of carbonyl (C=O) groups excluding carboxylic acids is 2. The minimum atomic E-state index is -3.73. The van der Waals surface area contributed by atoms with E-state index in [9.17, 15) is 18.0 Å². The first-order valence-corrected chi connectivity index (χ1v) is 9.14. The van der Waals surface area contributed by atoms with Gasteiger partial charge in [0.25, 0.3) is 10.2 Å². The fourth-order valence-corrected chi connectivity index (χ4v) is 3.89. The third kappa shape index (κ3) is 5.33. The Morgan fingerprint density at radius 1 is 1.17 bits per heavy atom. The summed E-state index contributed by atoms with van der Waals surface area (Å²) in [5.41, 5.74) is 0. The maximum Gasteiger partial charge on any atom is 0.409 e. The van der Waals surface area contributed by atoms with Crippen LogP contribution >= 0.6 is 0 Å². The first-order chi connectivity index (χ1) is 10.9. The number of hydrogen-bond acceptors (Lipinski definition) is 5. The third-order valence-electron chi connectivity index (χ3n) is 3.49. The maximum atomic E-state index is 12.7. The second-order valence-electron chi connectivity index (χ2n) is 5.10. The van der Waals surface area contributed by atoms with Gasteiger partial charge in [-0.2, -0.15) is 17.0 Å². The van der Waals surface area contributed by atoms with Crippen molar-refractivity contribution in [2.24, 2.45) is 0 Å². The number of nitrogens with one attached hydrogen (secondary N) is 1. The van der Waals surface area contributed by atoms with Crippen LogP contribution in [0, 0.1) is 0 Å². The Labute approximate surface area is 137 Å². The molecule has 23 heavy (non-hydrogen) atoms. The molecule has 10 heteroatoms. The number of ether oxygens (including phenoxy) is 1. The molecule has 0 saturated carbocycles. The molecule has 0 aromatic heterocycles. The van der Waals surface area contributed by atoms with E-state index in [2.05, 4.69) is 5.32 Å². The van der Waals surface area contributed by atoms with Gasteiger partial charge in [0.2, 0.25) is 5.91 Å². The molecule has 1 aliphatic rings. The molecule has 0 spiro atoms. The number of nitrogens with zero attached hydrogens (tertiary/aromatic N) is 3. The molecule has 0 unspecified atom stereocenters. The molecule has 0 bridgehead atoms. The lowest BCUT2D eigenvalue weighted by atomic mass is 10.4. The first-order valence-electron chi connectivity index (χ1n) is 7.74. The second kappa shape index (κ2) is 9.04.